The lowest BCUT2D eigenvalue weighted by molar-refractivity contribution is 0.198. The van der Waals surface area contributed by atoms with E-state index in [9.17, 15) is 5.11 Å². The maximum atomic E-state index is 9.20. The quantitative estimate of drug-likeness (QED) is 0.801. The van der Waals surface area contributed by atoms with Crippen molar-refractivity contribution in [1.29, 1.82) is 0 Å². The summed E-state index contributed by atoms with van der Waals surface area (Å²) in [6.07, 6.45) is 3.48. The van der Waals surface area contributed by atoms with E-state index in [1.54, 1.807) is 0 Å². The highest BCUT2D eigenvalue weighted by Crippen LogP contribution is 2.26. The lowest BCUT2D eigenvalue weighted by Crippen LogP contribution is -2.39. The second kappa shape index (κ2) is 4.98. The first-order valence-corrected chi connectivity index (χ1v) is 6.14. The number of aliphatic hydroxyl groups is 1. The van der Waals surface area contributed by atoms with Crippen molar-refractivity contribution in [2.24, 2.45) is 0 Å². The van der Waals surface area contributed by atoms with Crippen LogP contribution in [0.1, 0.15) is 42.0 Å². The molecular formula is C14H21NO. The van der Waals surface area contributed by atoms with Gasteiger partial charge in [0, 0.05) is 12.1 Å². The molecule has 2 nitrogen and oxygen atoms in total. The smallest absolute Gasteiger partial charge is 0.0584 e. The molecule has 0 aromatic heterocycles. The van der Waals surface area contributed by atoms with Gasteiger partial charge in [-0.25, -0.2) is 0 Å². The fraction of sp³-hybridized carbons (Fsp3) is 0.571. The first-order chi connectivity index (χ1) is 7.69. The van der Waals surface area contributed by atoms with Crippen LogP contribution in [0, 0.1) is 13.8 Å². The molecule has 16 heavy (non-hydrogen) atoms. The van der Waals surface area contributed by atoms with Crippen molar-refractivity contribution in [2.75, 3.05) is 6.61 Å². The minimum atomic E-state index is 0.251. The Labute approximate surface area is 97.7 Å². The monoisotopic (exact) mass is 219 g/mol. The summed E-state index contributed by atoms with van der Waals surface area (Å²) >= 11 is 0. The van der Waals surface area contributed by atoms with Crippen molar-refractivity contribution >= 4 is 0 Å². The summed E-state index contributed by atoms with van der Waals surface area (Å²) in [5.41, 5.74) is 4.02. The molecule has 2 atom stereocenters. The number of benzene rings is 1. The Kier molecular flexibility index (Phi) is 3.62. The molecule has 88 valence electrons. The number of piperidine rings is 1. The van der Waals surface area contributed by atoms with Gasteiger partial charge in [0.2, 0.25) is 0 Å². The van der Waals surface area contributed by atoms with E-state index < -0.39 is 0 Å². The summed E-state index contributed by atoms with van der Waals surface area (Å²) in [4.78, 5) is 0. The van der Waals surface area contributed by atoms with E-state index in [1.165, 1.54) is 29.5 Å². The molecule has 2 rings (SSSR count). The summed E-state index contributed by atoms with van der Waals surface area (Å²) < 4.78 is 0. The standard InChI is InChI=1S/C14H21NO/c1-10-6-11(2)8-12(7-10)14-5-3-4-13(9-16)15-14/h6-8,13-16H,3-5,9H2,1-2H3. The molecule has 1 aromatic rings. The largest absolute Gasteiger partial charge is 0.395 e. The van der Waals surface area contributed by atoms with E-state index in [-0.39, 0.29) is 12.6 Å². The van der Waals surface area contributed by atoms with Gasteiger partial charge in [-0.1, -0.05) is 29.3 Å². The highest BCUT2D eigenvalue weighted by Gasteiger charge is 2.21. The van der Waals surface area contributed by atoms with Crippen LogP contribution in [-0.4, -0.2) is 17.8 Å². The number of aryl methyl sites for hydroxylation is 2. The summed E-state index contributed by atoms with van der Waals surface area (Å²) in [7, 11) is 0. The maximum absolute atomic E-state index is 9.20. The average molecular weight is 219 g/mol. The number of aliphatic hydroxyl groups excluding tert-OH is 1. The first kappa shape index (κ1) is 11.6. The van der Waals surface area contributed by atoms with Crippen molar-refractivity contribution in [1.82, 2.24) is 5.32 Å². The van der Waals surface area contributed by atoms with Crippen LogP contribution in [0.3, 0.4) is 0 Å². The maximum Gasteiger partial charge on any atom is 0.0584 e. The Morgan fingerprint density at radius 1 is 1.19 bits per heavy atom. The summed E-state index contributed by atoms with van der Waals surface area (Å²) in [6, 6.07) is 7.41. The number of hydrogen-bond donors (Lipinski definition) is 2. The van der Waals surface area contributed by atoms with Crippen LogP contribution in [0.2, 0.25) is 0 Å². The highest BCUT2D eigenvalue weighted by molar-refractivity contribution is 5.31. The lowest BCUT2D eigenvalue weighted by atomic mass is 9.92. The third-order valence-electron chi connectivity index (χ3n) is 3.35. The van der Waals surface area contributed by atoms with E-state index in [4.69, 9.17) is 0 Å². The lowest BCUT2D eigenvalue weighted by Gasteiger charge is -2.30. The average Bonchev–Trinajstić information content (AvgIpc) is 2.28. The summed E-state index contributed by atoms with van der Waals surface area (Å²) in [6.45, 7) is 4.53. The predicted octanol–water partition coefficient (Wildman–Crippen LogP) is 2.48. The molecule has 1 saturated heterocycles. The molecule has 1 aliphatic rings. The molecule has 2 N–H and O–H groups in total. The van der Waals surface area contributed by atoms with E-state index >= 15 is 0 Å². The van der Waals surface area contributed by atoms with Gasteiger partial charge in [0.15, 0.2) is 0 Å². The van der Waals surface area contributed by atoms with Crippen LogP contribution in [-0.2, 0) is 0 Å². The Morgan fingerprint density at radius 3 is 2.50 bits per heavy atom. The fourth-order valence-electron chi connectivity index (χ4n) is 2.64. The third-order valence-corrected chi connectivity index (χ3v) is 3.35. The van der Waals surface area contributed by atoms with Gasteiger partial charge in [-0.3, -0.25) is 0 Å². The van der Waals surface area contributed by atoms with Gasteiger partial charge >= 0.3 is 0 Å². The van der Waals surface area contributed by atoms with Gasteiger partial charge < -0.3 is 10.4 Å². The van der Waals surface area contributed by atoms with Gasteiger partial charge in [0.25, 0.3) is 0 Å². The summed E-state index contributed by atoms with van der Waals surface area (Å²) in [5, 5.41) is 12.7. The van der Waals surface area contributed by atoms with Crippen molar-refractivity contribution in [2.45, 2.75) is 45.2 Å². The van der Waals surface area contributed by atoms with Crippen LogP contribution >= 0.6 is 0 Å². The van der Waals surface area contributed by atoms with Gasteiger partial charge in [-0.2, -0.15) is 0 Å². The van der Waals surface area contributed by atoms with Crippen LogP contribution in [0.25, 0.3) is 0 Å². The molecule has 0 bridgehead atoms. The van der Waals surface area contributed by atoms with Crippen molar-refractivity contribution in [3.05, 3.63) is 34.9 Å². The Hall–Kier alpha value is -0.860. The molecule has 2 unspecified atom stereocenters. The van der Waals surface area contributed by atoms with E-state index in [0.29, 0.717) is 6.04 Å². The minimum absolute atomic E-state index is 0.251. The molecule has 2 heteroatoms. The zero-order valence-corrected chi connectivity index (χ0v) is 10.2. The topological polar surface area (TPSA) is 32.3 Å². The number of hydrogen-bond acceptors (Lipinski definition) is 2. The SMILES string of the molecule is Cc1cc(C)cc(C2CCCC(CO)N2)c1. The van der Waals surface area contributed by atoms with Gasteiger partial charge in [-0.15, -0.1) is 0 Å². The highest BCUT2D eigenvalue weighted by atomic mass is 16.3. The molecule has 0 aliphatic carbocycles. The van der Waals surface area contributed by atoms with Gasteiger partial charge in [0.1, 0.15) is 0 Å². The van der Waals surface area contributed by atoms with Crippen LogP contribution < -0.4 is 5.32 Å². The van der Waals surface area contributed by atoms with Crippen LogP contribution in [0.5, 0.6) is 0 Å². The molecule has 0 amide bonds. The molecular weight excluding hydrogens is 198 g/mol. The molecule has 1 heterocycles. The van der Waals surface area contributed by atoms with E-state index in [0.717, 1.165) is 6.42 Å². The van der Waals surface area contributed by atoms with Gasteiger partial charge in [-0.05, 0) is 38.7 Å². The Bertz CT molecular complexity index is 342. The Morgan fingerprint density at radius 2 is 1.88 bits per heavy atom. The molecule has 1 fully saturated rings. The predicted molar refractivity (Wildman–Crippen MR) is 66.5 cm³/mol. The molecule has 1 aliphatic heterocycles. The van der Waals surface area contributed by atoms with Crippen molar-refractivity contribution in [3.8, 4) is 0 Å². The second-order valence-electron chi connectivity index (χ2n) is 4.95. The van der Waals surface area contributed by atoms with E-state index in [1.807, 2.05) is 0 Å². The Balaban J connectivity index is 2.16. The van der Waals surface area contributed by atoms with Gasteiger partial charge in [0.05, 0.1) is 6.61 Å². The summed E-state index contributed by atoms with van der Waals surface area (Å²) in [5.74, 6) is 0. The number of rotatable bonds is 2. The number of nitrogens with one attached hydrogen (secondary N) is 1. The molecule has 0 spiro atoms. The molecule has 0 saturated carbocycles. The van der Waals surface area contributed by atoms with Crippen LogP contribution in [0.15, 0.2) is 18.2 Å². The second-order valence-corrected chi connectivity index (χ2v) is 4.95. The third kappa shape index (κ3) is 2.63. The first-order valence-electron chi connectivity index (χ1n) is 6.14. The van der Waals surface area contributed by atoms with E-state index in [2.05, 4.69) is 37.4 Å². The minimum Gasteiger partial charge on any atom is -0.395 e. The van der Waals surface area contributed by atoms with Crippen LogP contribution in [0.4, 0.5) is 0 Å². The van der Waals surface area contributed by atoms with Crippen molar-refractivity contribution in [3.63, 3.8) is 0 Å². The zero-order chi connectivity index (χ0) is 11.5. The molecule has 1 aromatic carbocycles. The normalized spacial score (nSPS) is 25.7. The molecule has 0 radical (unpaired) electrons. The van der Waals surface area contributed by atoms with Crippen molar-refractivity contribution < 1.29 is 5.11 Å². The zero-order valence-electron chi connectivity index (χ0n) is 10.2. The fourth-order valence-corrected chi connectivity index (χ4v) is 2.64.